The zero-order valence-electron chi connectivity index (χ0n) is 12.4. The molecule has 22 heavy (non-hydrogen) atoms. The number of ether oxygens (including phenoxy) is 2. The average Bonchev–Trinajstić information content (AvgIpc) is 2.42. The first-order chi connectivity index (χ1) is 10.3. The normalized spacial score (nSPS) is 12.8. The topological polar surface area (TPSA) is 98.7 Å². The van der Waals surface area contributed by atoms with Gasteiger partial charge in [-0.25, -0.2) is 0 Å². The predicted octanol–water partition coefficient (Wildman–Crippen LogP) is 1.77. The maximum Gasteiger partial charge on any atom is 0.138 e. The SMILES string of the molecule is COc1ccc(OCCCCC(C(C)=O)P(=O)([O-])[O-])c(Cl)c1. The smallest absolute Gasteiger partial charge is 0.138 e. The number of carbonyl (C=O) groups is 1. The van der Waals surface area contributed by atoms with Gasteiger partial charge in [-0.1, -0.05) is 19.2 Å². The van der Waals surface area contributed by atoms with Crippen LogP contribution in [0.15, 0.2) is 18.2 Å². The van der Waals surface area contributed by atoms with Gasteiger partial charge in [0.15, 0.2) is 0 Å². The van der Waals surface area contributed by atoms with Crippen LogP contribution in [0.25, 0.3) is 0 Å². The molecule has 1 aromatic rings. The molecule has 1 unspecified atom stereocenters. The molecule has 6 nitrogen and oxygen atoms in total. The van der Waals surface area contributed by atoms with Gasteiger partial charge in [0.25, 0.3) is 0 Å². The van der Waals surface area contributed by atoms with Gasteiger partial charge in [0, 0.05) is 11.7 Å². The second kappa shape index (κ2) is 8.53. The molecular formula is C14H18ClO6P-2. The summed E-state index contributed by atoms with van der Waals surface area (Å²) >= 11 is 6.00. The predicted molar refractivity (Wildman–Crippen MR) is 79.4 cm³/mol. The van der Waals surface area contributed by atoms with Gasteiger partial charge < -0.3 is 23.8 Å². The fourth-order valence-electron chi connectivity index (χ4n) is 1.93. The molecule has 0 aliphatic rings. The van der Waals surface area contributed by atoms with Crippen LogP contribution in [0, 0.1) is 0 Å². The number of methoxy groups -OCH3 is 1. The van der Waals surface area contributed by atoms with E-state index >= 15 is 0 Å². The second-order valence-corrected chi connectivity index (χ2v) is 6.92. The van der Waals surface area contributed by atoms with Crippen LogP contribution in [-0.4, -0.2) is 25.2 Å². The van der Waals surface area contributed by atoms with Crippen LogP contribution in [0.1, 0.15) is 26.2 Å². The van der Waals surface area contributed by atoms with Crippen molar-refractivity contribution >= 4 is 25.0 Å². The highest BCUT2D eigenvalue weighted by molar-refractivity contribution is 7.50. The number of rotatable bonds is 9. The molecule has 0 saturated heterocycles. The average molecular weight is 349 g/mol. The Labute approximate surface area is 134 Å². The summed E-state index contributed by atoms with van der Waals surface area (Å²) < 4.78 is 21.4. The standard InChI is InChI=1S/C14H20ClO6P/c1-10(16)14(22(17,18)19)5-3-4-8-21-13-7-6-11(20-2)9-12(13)15/h6-7,9,14H,3-5,8H2,1-2H3,(H2,17,18,19)/p-2. The van der Waals surface area contributed by atoms with Crippen LogP contribution in [0.5, 0.6) is 11.5 Å². The van der Waals surface area contributed by atoms with Gasteiger partial charge in [-0.3, -0.25) is 4.79 Å². The third-order valence-electron chi connectivity index (χ3n) is 3.12. The minimum absolute atomic E-state index is 0.0132. The Bertz CT molecular complexity index is 556. The molecule has 0 N–H and O–H groups in total. The van der Waals surface area contributed by atoms with Gasteiger partial charge in [-0.15, -0.1) is 0 Å². The molecule has 0 aromatic heterocycles. The maximum atomic E-state index is 11.1. The molecule has 0 bridgehead atoms. The van der Waals surface area contributed by atoms with E-state index in [4.69, 9.17) is 21.1 Å². The Morgan fingerprint density at radius 3 is 2.55 bits per heavy atom. The van der Waals surface area contributed by atoms with Crippen molar-refractivity contribution in [2.75, 3.05) is 13.7 Å². The number of benzene rings is 1. The lowest BCUT2D eigenvalue weighted by atomic mass is 10.1. The van der Waals surface area contributed by atoms with Gasteiger partial charge >= 0.3 is 0 Å². The second-order valence-electron chi connectivity index (χ2n) is 4.81. The summed E-state index contributed by atoms with van der Waals surface area (Å²) in [6, 6.07) is 4.99. The lowest BCUT2D eigenvalue weighted by Gasteiger charge is -2.36. The van der Waals surface area contributed by atoms with E-state index in [1.807, 2.05) is 0 Å². The molecule has 0 heterocycles. The quantitative estimate of drug-likeness (QED) is 0.498. The minimum atomic E-state index is -4.88. The Morgan fingerprint density at radius 1 is 1.36 bits per heavy atom. The van der Waals surface area contributed by atoms with Crippen molar-refractivity contribution in [1.29, 1.82) is 0 Å². The summed E-state index contributed by atoms with van der Waals surface area (Å²) in [4.78, 5) is 33.1. The van der Waals surface area contributed by atoms with Crippen LogP contribution < -0.4 is 19.3 Å². The van der Waals surface area contributed by atoms with Crippen LogP contribution in [-0.2, 0) is 9.36 Å². The van der Waals surface area contributed by atoms with Crippen LogP contribution in [0.4, 0.5) is 0 Å². The van der Waals surface area contributed by atoms with E-state index in [0.29, 0.717) is 36.0 Å². The van der Waals surface area contributed by atoms with Crippen molar-refractivity contribution in [3.63, 3.8) is 0 Å². The summed E-state index contributed by atoms with van der Waals surface area (Å²) in [5.74, 6) is 0.486. The summed E-state index contributed by atoms with van der Waals surface area (Å²) in [6.45, 7) is 1.42. The number of unbranched alkanes of at least 4 members (excludes halogenated alkanes) is 1. The Morgan fingerprint density at radius 2 is 2.05 bits per heavy atom. The minimum Gasteiger partial charge on any atom is -0.810 e. The van der Waals surface area contributed by atoms with Crippen LogP contribution in [0.2, 0.25) is 5.02 Å². The molecule has 0 saturated carbocycles. The lowest BCUT2D eigenvalue weighted by Crippen LogP contribution is -2.31. The number of ketones is 1. The molecule has 1 aromatic carbocycles. The highest BCUT2D eigenvalue weighted by Crippen LogP contribution is 2.35. The van der Waals surface area contributed by atoms with Crippen molar-refractivity contribution in [2.45, 2.75) is 31.8 Å². The third kappa shape index (κ3) is 5.97. The molecule has 0 spiro atoms. The van der Waals surface area contributed by atoms with Gasteiger partial charge in [0.1, 0.15) is 17.3 Å². The molecule has 124 valence electrons. The van der Waals surface area contributed by atoms with E-state index in [1.54, 1.807) is 18.2 Å². The van der Waals surface area contributed by atoms with Gasteiger partial charge in [0.2, 0.25) is 0 Å². The van der Waals surface area contributed by atoms with Crippen molar-refractivity contribution in [1.82, 2.24) is 0 Å². The van der Waals surface area contributed by atoms with E-state index in [0.717, 1.165) is 6.92 Å². The number of hydrogen-bond donors (Lipinski definition) is 0. The summed E-state index contributed by atoms with van der Waals surface area (Å²) in [5.41, 5.74) is -1.45. The van der Waals surface area contributed by atoms with Crippen molar-refractivity contribution in [2.24, 2.45) is 0 Å². The van der Waals surface area contributed by atoms with Crippen LogP contribution >= 0.6 is 19.2 Å². The Kier molecular flexibility index (Phi) is 7.36. The fourth-order valence-corrected chi connectivity index (χ4v) is 3.10. The van der Waals surface area contributed by atoms with Gasteiger partial charge in [-0.05, 0) is 38.3 Å². The maximum absolute atomic E-state index is 11.1. The number of carbonyl (C=O) groups excluding carboxylic acids is 1. The summed E-state index contributed by atoms with van der Waals surface area (Å²) in [6.07, 6.45) is 0.915. The van der Waals surface area contributed by atoms with Gasteiger partial charge in [0.05, 0.1) is 18.7 Å². The first-order valence-corrected chi connectivity index (χ1v) is 8.73. The van der Waals surface area contributed by atoms with E-state index in [1.165, 1.54) is 7.11 Å². The molecule has 0 fully saturated rings. The molecule has 0 radical (unpaired) electrons. The van der Waals surface area contributed by atoms with Crippen molar-refractivity contribution in [3.05, 3.63) is 23.2 Å². The summed E-state index contributed by atoms with van der Waals surface area (Å²) in [5, 5.41) is 0.407. The molecule has 0 amide bonds. The van der Waals surface area contributed by atoms with Crippen molar-refractivity contribution < 1.29 is 28.6 Å². The highest BCUT2D eigenvalue weighted by Gasteiger charge is 2.17. The van der Waals surface area contributed by atoms with E-state index in [-0.39, 0.29) is 6.42 Å². The molecule has 1 atom stereocenters. The van der Waals surface area contributed by atoms with Crippen LogP contribution in [0.3, 0.4) is 0 Å². The molecular weight excluding hydrogens is 331 g/mol. The number of Topliss-reactive ketones (excluding diaryl/α,β-unsaturated/α-hetero) is 1. The number of hydrogen-bond acceptors (Lipinski definition) is 6. The van der Waals surface area contributed by atoms with Gasteiger partial charge in [-0.2, -0.15) is 0 Å². The number of halogens is 1. The van der Waals surface area contributed by atoms with E-state index in [2.05, 4.69) is 0 Å². The largest absolute Gasteiger partial charge is 0.810 e. The molecule has 0 aliphatic carbocycles. The third-order valence-corrected chi connectivity index (χ3v) is 4.80. The molecule has 0 aliphatic heterocycles. The fraction of sp³-hybridized carbons (Fsp3) is 0.500. The summed E-state index contributed by atoms with van der Waals surface area (Å²) in [7, 11) is -3.35. The zero-order chi connectivity index (χ0) is 16.8. The highest BCUT2D eigenvalue weighted by atomic mass is 35.5. The first-order valence-electron chi connectivity index (χ1n) is 6.74. The van der Waals surface area contributed by atoms with Crippen molar-refractivity contribution in [3.8, 4) is 11.5 Å². The molecule has 8 heteroatoms. The Balaban J connectivity index is 2.39. The Hall–Kier alpha value is -1.07. The van der Waals surface area contributed by atoms with E-state index < -0.39 is 19.0 Å². The first kappa shape index (κ1) is 19.0. The zero-order valence-corrected chi connectivity index (χ0v) is 14.1. The van der Waals surface area contributed by atoms with E-state index in [9.17, 15) is 19.1 Å². The molecule has 1 rings (SSSR count). The lowest BCUT2D eigenvalue weighted by molar-refractivity contribution is -0.315. The monoisotopic (exact) mass is 348 g/mol.